The summed E-state index contributed by atoms with van der Waals surface area (Å²) in [6.45, 7) is 3.85. The van der Waals surface area contributed by atoms with Crippen molar-refractivity contribution in [3.8, 4) is 6.07 Å². The minimum Gasteiger partial charge on any atom is -0.465 e. The van der Waals surface area contributed by atoms with Gasteiger partial charge < -0.3 is 5.11 Å². The minimum absolute atomic E-state index is 0.236. The molecule has 0 unspecified atom stereocenters. The molecule has 96 valence electrons. The predicted molar refractivity (Wildman–Crippen MR) is 68.9 cm³/mol. The van der Waals surface area contributed by atoms with Gasteiger partial charge >= 0.3 is 6.09 Å². The van der Waals surface area contributed by atoms with Crippen LogP contribution in [0.5, 0.6) is 0 Å². The Hall–Kier alpha value is -2.02. The Labute approximate surface area is 107 Å². The van der Waals surface area contributed by atoms with Crippen LogP contribution < -0.4 is 0 Å². The first-order valence-corrected chi connectivity index (χ1v) is 5.99. The standard InChI is InChI=1S/C14H18N2O2/c1-3-9-14(2,11-15)16(13(17)18)10-12-7-5-4-6-8-12/h4-8H,3,9-10H2,1-2H3,(H,17,18)/t14-/m1/s1. The minimum atomic E-state index is -1.06. The van der Waals surface area contributed by atoms with Crippen LogP contribution in [-0.2, 0) is 6.54 Å². The van der Waals surface area contributed by atoms with Gasteiger partial charge in [0.05, 0.1) is 12.6 Å². The monoisotopic (exact) mass is 246 g/mol. The summed E-state index contributed by atoms with van der Waals surface area (Å²) in [5, 5.41) is 18.6. The molecular weight excluding hydrogens is 228 g/mol. The maximum atomic E-state index is 11.4. The third-order valence-electron chi connectivity index (χ3n) is 2.99. The zero-order valence-electron chi connectivity index (χ0n) is 10.8. The molecule has 1 N–H and O–H groups in total. The van der Waals surface area contributed by atoms with E-state index in [1.165, 1.54) is 4.90 Å². The number of hydrogen-bond acceptors (Lipinski definition) is 2. The molecule has 0 saturated heterocycles. The summed E-state index contributed by atoms with van der Waals surface area (Å²) in [5.41, 5.74) is -0.0892. The van der Waals surface area contributed by atoms with E-state index in [-0.39, 0.29) is 6.54 Å². The van der Waals surface area contributed by atoms with E-state index in [1.807, 2.05) is 37.3 Å². The van der Waals surface area contributed by atoms with Gasteiger partial charge in [-0.1, -0.05) is 43.7 Å². The molecule has 0 fully saturated rings. The van der Waals surface area contributed by atoms with E-state index >= 15 is 0 Å². The van der Waals surface area contributed by atoms with Crippen LogP contribution in [0.3, 0.4) is 0 Å². The van der Waals surface area contributed by atoms with Crippen molar-refractivity contribution in [2.45, 2.75) is 38.8 Å². The summed E-state index contributed by atoms with van der Waals surface area (Å²) in [7, 11) is 0. The molecule has 0 saturated carbocycles. The molecule has 0 aliphatic carbocycles. The highest BCUT2D eigenvalue weighted by molar-refractivity contribution is 5.67. The van der Waals surface area contributed by atoms with Crippen molar-refractivity contribution in [2.75, 3.05) is 0 Å². The Morgan fingerprint density at radius 3 is 2.50 bits per heavy atom. The summed E-state index contributed by atoms with van der Waals surface area (Å²) in [4.78, 5) is 12.6. The Morgan fingerprint density at radius 2 is 2.06 bits per heavy atom. The molecule has 0 heterocycles. The maximum absolute atomic E-state index is 11.4. The van der Waals surface area contributed by atoms with Gasteiger partial charge in [0.25, 0.3) is 0 Å². The van der Waals surface area contributed by atoms with Crippen LogP contribution in [0, 0.1) is 11.3 Å². The topological polar surface area (TPSA) is 64.3 Å². The van der Waals surface area contributed by atoms with Crippen LogP contribution in [0.1, 0.15) is 32.3 Å². The van der Waals surface area contributed by atoms with Crippen molar-refractivity contribution in [1.29, 1.82) is 5.26 Å². The Kier molecular flexibility index (Phi) is 4.73. The first-order valence-electron chi connectivity index (χ1n) is 5.99. The normalized spacial score (nSPS) is 13.4. The van der Waals surface area contributed by atoms with E-state index in [2.05, 4.69) is 6.07 Å². The highest BCUT2D eigenvalue weighted by Gasteiger charge is 2.34. The summed E-state index contributed by atoms with van der Waals surface area (Å²) in [5.74, 6) is 0. The fourth-order valence-electron chi connectivity index (χ4n) is 1.96. The molecule has 0 aromatic heterocycles. The molecular formula is C14H18N2O2. The van der Waals surface area contributed by atoms with Gasteiger partial charge in [0.2, 0.25) is 0 Å². The molecule has 1 aromatic rings. The molecule has 0 spiro atoms. The number of benzene rings is 1. The first kappa shape index (κ1) is 14.0. The van der Waals surface area contributed by atoms with Gasteiger partial charge in [-0.15, -0.1) is 0 Å². The lowest BCUT2D eigenvalue weighted by Gasteiger charge is -2.33. The largest absolute Gasteiger partial charge is 0.465 e. The summed E-state index contributed by atoms with van der Waals surface area (Å²) in [6, 6.07) is 11.4. The summed E-state index contributed by atoms with van der Waals surface area (Å²) in [6.07, 6.45) is 0.238. The number of hydrogen-bond donors (Lipinski definition) is 1. The fourth-order valence-corrected chi connectivity index (χ4v) is 1.96. The number of nitriles is 1. The fraction of sp³-hybridized carbons (Fsp3) is 0.429. The molecule has 1 rings (SSSR count). The second-order valence-electron chi connectivity index (χ2n) is 4.49. The maximum Gasteiger partial charge on any atom is 0.408 e. The van der Waals surface area contributed by atoms with Crippen LogP contribution in [0.25, 0.3) is 0 Å². The second-order valence-corrected chi connectivity index (χ2v) is 4.49. The van der Waals surface area contributed by atoms with Crippen molar-refractivity contribution in [3.63, 3.8) is 0 Å². The first-order chi connectivity index (χ1) is 8.53. The Balaban J connectivity index is 2.97. The van der Waals surface area contributed by atoms with Crippen molar-refractivity contribution in [1.82, 2.24) is 4.90 Å². The van der Waals surface area contributed by atoms with Crippen molar-refractivity contribution in [2.24, 2.45) is 0 Å². The van der Waals surface area contributed by atoms with Gasteiger partial charge in [-0.25, -0.2) is 4.79 Å². The molecule has 4 heteroatoms. The van der Waals surface area contributed by atoms with E-state index in [9.17, 15) is 15.2 Å². The molecule has 4 nitrogen and oxygen atoms in total. The lowest BCUT2D eigenvalue weighted by Crippen LogP contribution is -2.47. The van der Waals surface area contributed by atoms with Crippen LogP contribution in [0.2, 0.25) is 0 Å². The second kappa shape index (κ2) is 6.06. The quantitative estimate of drug-likeness (QED) is 0.867. The van der Waals surface area contributed by atoms with E-state index in [4.69, 9.17) is 0 Å². The molecule has 1 amide bonds. The molecule has 0 aliphatic heterocycles. The average Bonchev–Trinajstić information content (AvgIpc) is 2.37. The Morgan fingerprint density at radius 1 is 1.44 bits per heavy atom. The SMILES string of the molecule is CCC[C@](C)(C#N)N(Cc1ccccc1)C(=O)O. The molecule has 0 radical (unpaired) electrons. The summed E-state index contributed by atoms with van der Waals surface area (Å²) >= 11 is 0. The number of rotatable bonds is 5. The number of amides is 1. The van der Waals surface area contributed by atoms with Gasteiger partial charge in [0.1, 0.15) is 5.54 Å². The van der Waals surface area contributed by atoms with Crippen molar-refractivity contribution >= 4 is 6.09 Å². The third kappa shape index (κ3) is 3.24. The van der Waals surface area contributed by atoms with Crippen LogP contribution in [0.4, 0.5) is 4.79 Å². The molecule has 1 atom stereocenters. The zero-order chi connectivity index (χ0) is 13.6. The van der Waals surface area contributed by atoms with Gasteiger partial charge in [-0.3, -0.25) is 4.90 Å². The van der Waals surface area contributed by atoms with Crippen molar-refractivity contribution in [3.05, 3.63) is 35.9 Å². The van der Waals surface area contributed by atoms with E-state index in [0.717, 1.165) is 12.0 Å². The molecule has 0 bridgehead atoms. The number of nitrogens with zero attached hydrogens (tertiary/aromatic N) is 2. The van der Waals surface area contributed by atoms with Crippen LogP contribution >= 0.6 is 0 Å². The average molecular weight is 246 g/mol. The van der Waals surface area contributed by atoms with Gasteiger partial charge in [-0.05, 0) is 18.9 Å². The number of carboxylic acid groups (broad SMARTS) is 1. The van der Waals surface area contributed by atoms with E-state index in [0.29, 0.717) is 6.42 Å². The molecule has 18 heavy (non-hydrogen) atoms. The highest BCUT2D eigenvalue weighted by atomic mass is 16.4. The van der Waals surface area contributed by atoms with Gasteiger partial charge in [0, 0.05) is 0 Å². The van der Waals surface area contributed by atoms with E-state index in [1.54, 1.807) is 6.92 Å². The van der Waals surface area contributed by atoms with E-state index < -0.39 is 11.6 Å². The van der Waals surface area contributed by atoms with Crippen molar-refractivity contribution < 1.29 is 9.90 Å². The third-order valence-corrected chi connectivity index (χ3v) is 2.99. The molecule has 0 aliphatic rings. The number of carbonyl (C=O) groups is 1. The Bertz CT molecular complexity index is 439. The van der Waals surface area contributed by atoms with Gasteiger partial charge in [-0.2, -0.15) is 5.26 Å². The highest BCUT2D eigenvalue weighted by Crippen LogP contribution is 2.23. The predicted octanol–water partition coefficient (Wildman–Crippen LogP) is 3.25. The van der Waals surface area contributed by atoms with Crippen LogP contribution in [0.15, 0.2) is 30.3 Å². The summed E-state index contributed by atoms with van der Waals surface area (Å²) < 4.78 is 0. The zero-order valence-corrected chi connectivity index (χ0v) is 10.8. The molecule has 1 aromatic carbocycles. The smallest absolute Gasteiger partial charge is 0.408 e. The lowest BCUT2D eigenvalue weighted by atomic mass is 9.95. The lowest BCUT2D eigenvalue weighted by molar-refractivity contribution is 0.0983. The van der Waals surface area contributed by atoms with Gasteiger partial charge in [0.15, 0.2) is 0 Å². The van der Waals surface area contributed by atoms with Crippen LogP contribution in [-0.4, -0.2) is 21.6 Å².